The lowest BCUT2D eigenvalue weighted by atomic mass is 10.2. The van der Waals surface area contributed by atoms with Crippen LogP contribution >= 0.6 is 0 Å². The Morgan fingerprint density at radius 1 is 1.43 bits per heavy atom. The first-order chi connectivity index (χ1) is 6.74. The Morgan fingerprint density at radius 3 is 2.57 bits per heavy atom. The summed E-state index contributed by atoms with van der Waals surface area (Å²) in [7, 11) is 0. The standard InChI is InChI=1S/C11H13NO2/c1-2-3-8-12-10-6-4-9(5-7-10)11(13)14/h3-8,12H,2H2,1H3,(H,13,14)/b8-3-. The number of carbonyl (C=O) groups is 1. The molecule has 0 bridgehead atoms. The second kappa shape index (κ2) is 5.07. The highest BCUT2D eigenvalue weighted by atomic mass is 16.4. The summed E-state index contributed by atoms with van der Waals surface area (Å²) in [5, 5.41) is 11.7. The summed E-state index contributed by atoms with van der Waals surface area (Å²) < 4.78 is 0. The van der Waals surface area contributed by atoms with Crippen molar-refractivity contribution in [3.05, 3.63) is 42.1 Å². The van der Waals surface area contributed by atoms with Gasteiger partial charge in [0.25, 0.3) is 0 Å². The number of carboxylic acids is 1. The number of carboxylic acid groups (broad SMARTS) is 1. The molecule has 14 heavy (non-hydrogen) atoms. The Morgan fingerprint density at radius 2 is 2.07 bits per heavy atom. The van der Waals surface area contributed by atoms with Crippen molar-refractivity contribution in [3.63, 3.8) is 0 Å². The third-order valence-corrected chi connectivity index (χ3v) is 1.74. The van der Waals surface area contributed by atoms with E-state index in [1.54, 1.807) is 24.3 Å². The first kappa shape index (κ1) is 10.3. The van der Waals surface area contributed by atoms with Crippen molar-refractivity contribution in [3.8, 4) is 0 Å². The highest BCUT2D eigenvalue weighted by molar-refractivity contribution is 5.88. The molecule has 0 radical (unpaired) electrons. The molecule has 1 rings (SSSR count). The van der Waals surface area contributed by atoms with E-state index in [-0.39, 0.29) is 0 Å². The van der Waals surface area contributed by atoms with Crippen molar-refractivity contribution in [2.75, 3.05) is 5.32 Å². The minimum atomic E-state index is -0.902. The number of allylic oxidation sites excluding steroid dienone is 1. The molecule has 0 saturated heterocycles. The third kappa shape index (κ3) is 2.94. The summed E-state index contributed by atoms with van der Waals surface area (Å²) in [6, 6.07) is 6.63. The van der Waals surface area contributed by atoms with Gasteiger partial charge in [0.05, 0.1) is 5.56 Å². The maximum absolute atomic E-state index is 10.5. The van der Waals surface area contributed by atoms with E-state index in [0.717, 1.165) is 12.1 Å². The van der Waals surface area contributed by atoms with E-state index in [4.69, 9.17) is 5.11 Å². The topological polar surface area (TPSA) is 49.3 Å². The molecule has 0 amide bonds. The molecule has 3 heteroatoms. The fraction of sp³-hybridized carbons (Fsp3) is 0.182. The first-order valence-corrected chi connectivity index (χ1v) is 4.49. The molecule has 2 N–H and O–H groups in total. The van der Waals surface area contributed by atoms with Gasteiger partial charge in [-0.2, -0.15) is 0 Å². The van der Waals surface area contributed by atoms with Crippen LogP contribution in [0.4, 0.5) is 5.69 Å². The number of anilines is 1. The predicted molar refractivity (Wildman–Crippen MR) is 56.5 cm³/mol. The molecule has 0 spiro atoms. The average molecular weight is 191 g/mol. The van der Waals surface area contributed by atoms with E-state index in [0.29, 0.717) is 5.56 Å². The summed E-state index contributed by atoms with van der Waals surface area (Å²) in [5.41, 5.74) is 1.19. The van der Waals surface area contributed by atoms with E-state index in [9.17, 15) is 4.79 Å². The average Bonchev–Trinajstić information content (AvgIpc) is 2.19. The Bertz CT molecular complexity index is 328. The van der Waals surface area contributed by atoms with Crippen LogP contribution < -0.4 is 5.32 Å². The van der Waals surface area contributed by atoms with Gasteiger partial charge in [-0.25, -0.2) is 4.79 Å². The molecular weight excluding hydrogens is 178 g/mol. The number of hydrogen-bond acceptors (Lipinski definition) is 2. The number of nitrogens with one attached hydrogen (secondary N) is 1. The smallest absolute Gasteiger partial charge is 0.335 e. The minimum absolute atomic E-state index is 0.301. The molecule has 0 aliphatic carbocycles. The second-order valence-electron chi connectivity index (χ2n) is 2.84. The molecule has 0 fully saturated rings. The molecule has 0 unspecified atom stereocenters. The lowest BCUT2D eigenvalue weighted by molar-refractivity contribution is 0.0697. The van der Waals surface area contributed by atoms with Crippen LogP contribution in [0.1, 0.15) is 23.7 Å². The van der Waals surface area contributed by atoms with Crippen LogP contribution in [0.3, 0.4) is 0 Å². The molecule has 0 saturated carbocycles. The highest BCUT2D eigenvalue weighted by Gasteiger charge is 1.99. The van der Waals surface area contributed by atoms with E-state index in [1.807, 2.05) is 19.2 Å². The fourth-order valence-electron chi connectivity index (χ4n) is 0.982. The van der Waals surface area contributed by atoms with Gasteiger partial charge in [-0.05, 0) is 36.9 Å². The third-order valence-electron chi connectivity index (χ3n) is 1.74. The molecule has 0 atom stereocenters. The maximum Gasteiger partial charge on any atom is 0.335 e. The first-order valence-electron chi connectivity index (χ1n) is 4.49. The molecule has 1 aromatic carbocycles. The molecule has 1 aromatic rings. The number of aromatic carboxylic acids is 1. The largest absolute Gasteiger partial charge is 0.478 e. The summed E-state index contributed by atoms with van der Waals surface area (Å²) in [6.07, 6.45) is 4.81. The van der Waals surface area contributed by atoms with Crippen LogP contribution in [-0.4, -0.2) is 11.1 Å². The molecule has 0 heterocycles. The summed E-state index contributed by atoms with van der Waals surface area (Å²) in [4.78, 5) is 10.5. The Labute approximate surface area is 83.1 Å². The van der Waals surface area contributed by atoms with Crippen LogP contribution in [0.2, 0.25) is 0 Å². The van der Waals surface area contributed by atoms with Crippen LogP contribution in [0.25, 0.3) is 0 Å². The second-order valence-corrected chi connectivity index (χ2v) is 2.84. The lowest BCUT2D eigenvalue weighted by Crippen LogP contribution is -1.95. The van der Waals surface area contributed by atoms with Gasteiger partial charge < -0.3 is 10.4 Å². The zero-order valence-corrected chi connectivity index (χ0v) is 8.03. The number of hydrogen-bond donors (Lipinski definition) is 2. The van der Waals surface area contributed by atoms with Crippen molar-refractivity contribution in [1.82, 2.24) is 0 Å². The Balaban J connectivity index is 2.64. The van der Waals surface area contributed by atoms with Gasteiger partial charge in [0.1, 0.15) is 0 Å². The number of rotatable bonds is 4. The van der Waals surface area contributed by atoms with Crippen molar-refractivity contribution in [1.29, 1.82) is 0 Å². The van der Waals surface area contributed by atoms with Gasteiger partial charge in [0.15, 0.2) is 0 Å². The molecular formula is C11H13NO2. The Kier molecular flexibility index (Phi) is 3.73. The minimum Gasteiger partial charge on any atom is -0.478 e. The van der Waals surface area contributed by atoms with Crippen molar-refractivity contribution in [2.24, 2.45) is 0 Å². The van der Waals surface area contributed by atoms with Crippen molar-refractivity contribution < 1.29 is 9.90 Å². The van der Waals surface area contributed by atoms with Gasteiger partial charge in [-0.1, -0.05) is 13.0 Å². The van der Waals surface area contributed by atoms with Gasteiger partial charge in [0, 0.05) is 5.69 Å². The highest BCUT2D eigenvalue weighted by Crippen LogP contribution is 2.09. The van der Waals surface area contributed by atoms with Gasteiger partial charge in [0.2, 0.25) is 0 Å². The molecule has 3 nitrogen and oxygen atoms in total. The van der Waals surface area contributed by atoms with Crippen LogP contribution in [0.15, 0.2) is 36.5 Å². The zero-order chi connectivity index (χ0) is 10.4. The van der Waals surface area contributed by atoms with Crippen LogP contribution in [0.5, 0.6) is 0 Å². The monoisotopic (exact) mass is 191 g/mol. The van der Waals surface area contributed by atoms with Crippen LogP contribution in [0, 0.1) is 0 Å². The number of benzene rings is 1. The van der Waals surface area contributed by atoms with Gasteiger partial charge >= 0.3 is 5.97 Å². The molecule has 0 aliphatic rings. The SMILES string of the molecule is CC/C=C\Nc1ccc(C(=O)O)cc1. The van der Waals surface area contributed by atoms with Gasteiger partial charge in [-0.15, -0.1) is 0 Å². The zero-order valence-electron chi connectivity index (χ0n) is 8.03. The van der Waals surface area contributed by atoms with Crippen molar-refractivity contribution >= 4 is 11.7 Å². The normalized spacial score (nSPS) is 10.4. The predicted octanol–water partition coefficient (Wildman–Crippen LogP) is 2.72. The van der Waals surface area contributed by atoms with Crippen molar-refractivity contribution in [2.45, 2.75) is 13.3 Å². The summed E-state index contributed by atoms with van der Waals surface area (Å²) >= 11 is 0. The molecule has 0 aliphatic heterocycles. The molecule has 0 aromatic heterocycles. The molecule has 74 valence electrons. The summed E-state index contributed by atoms with van der Waals surface area (Å²) in [6.45, 7) is 2.05. The van der Waals surface area contributed by atoms with Crippen LogP contribution in [-0.2, 0) is 0 Å². The quantitative estimate of drug-likeness (QED) is 0.769. The Hall–Kier alpha value is -1.77. The van der Waals surface area contributed by atoms with E-state index >= 15 is 0 Å². The lowest BCUT2D eigenvalue weighted by Gasteiger charge is -2.00. The summed E-state index contributed by atoms with van der Waals surface area (Å²) in [5.74, 6) is -0.902. The van der Waals surface area contributed by atoms with Gasteiger partial charge in [-0.3, -0.25) is 0 Å². The maximum atomic E-state index is 10.5. The van der Waals surface area contributed by atoms with E-state index in [1.165, 1.54) is 0 Å². The fourth-order valence-corrected chi connectivity index (χ4v) is 0.982. The van der Waals surface area contributed by atoms with E-state index < -0.39 is 5.97 Å². The van der Waals surface area contributed by atoms with E-state index in [2.05, 4.69) is 5.32 Å².